The zero-order valence-corrected chi connectivity index (χ0v) is 9.36. The van der Waals surface area contributed by atoms with E-state index in [0.29, 0.717) is 24.4 Å². The van der Waals surface area contributed by atoms with Gasteiger partial charge < -0.3 is 9.64 Å². The molecular weight excluding hydrogens is 246 g/mol. The molecule has 5 nitrogen and oxygen atoms in total. The molecular formula is C11H10F2N2O3. The van der Waals surface area contributed by atoms with Crippen LogP contribution in [0.2, 0.25) is 0 Å². The number of benzene rings is 1. The second-order valence-corrected chi connectivity index (χ2v) is 3.82. The first kappa shape index (κ1) is 12.3. The molecule has 0 aromatic heterocycles. The Bertz CT molecular complexity index is 496. The zero-order valence-electron chi connectivity index (χ0n) is 9.36. The van der Waals surface area contributed by atoms with Crippen molar-refractivity contribution in [1.29, 1.82) is 0 Å². The van der Waals surface area contributed by atoms with Gasteiger partial charge in [-0.15, -0.1) is 0 Å². The number of non-ortho nitro benzene ring substituents is 1. The highest BCUT2D eigenvalue weighted by atomic mass is 19.1. The molecule has 0 radical (unpaired) electrons. The first-order valence-corrected chi connectivity index (χ1v) is 5.18. The lowest BCUT2D eigenvalue weighted by molar-refractivity contribution is -0.385. The van der Waals surface area contributed by atoms with E-state index in [0.717, 1.165) is 0 Å². The Morgan fingerprint density at radius 3 is 2.50 bits per heavy atom. The summed E-state index contributed by atoms with van der Waals surface area (Å²) in [5.74, 6) is -1.52. The molecule has 1 fully saturated rings. The van der Waals surface area contributed by atoms with Gasteiger partial charge in [0.25, 0.3) is 5.69 Å². The standard InChI is InChI=1S/C11H10F2N2O3/c1-7-6-14(2-3-18-7)11-9(12)4-8(15(16)17)5-10(11)13/h4-5H,1-3,6H2. The van der Waals surface area contributed by atoms with Crippen molar-refractivity contribution in [2.45, 2.75) is 0 Å². The topological polar surface area (TPSA) is 55.6 Å². The zero-order chi connectivity index (χ0) is 13.3. The molecule has 0 spiro atoms. The fourth-order valence-corrected chi connectivity index (χ4v) is 1.79. The summed E-state index contributed by atoms with van der Waals surface area (Å²) in [5.41, 5.74) is -0.897. The summed E-state index contributed by atoms with van der Waals surface area (Å²) in [4.78, 5) is 11.0. The molecule has 0 atom stereocenters. The normalized spacial score (nSPS) is 15.4. The third-order valence-electron chi connectivity index (χ3n) is 2.56. The molecule has 18 heavy (non-hydrogen) atoms. The van der Waals surface area contributed by atoms with E-state index in [1.807, 2.05) is 0 Å². The number of rotatable bonds is 2. The van der Waals surface area contributed by atoms with Crippen molar-refractivity contribution in [2.75, 3.05) is 24.6 Å². The summed E-state index contributed by atoms with van der Waals surface area (Å²) in [6.07, 6.45) is 0. The van der Waals surface area contributed by atoms with Crippen LogP contribution in [0.5, 0.6) is 0 Å². The number of nitrogens with zero attached hydrogens (tertiary/aromatic N) is 2. The number of morpholine rings is 1. The van der Waals surface area contributed by atoms with E-state index >= 15 is 0 Å². The van der Waals surface area contributed by atoms with E-state index in [4.69, 9.17) is 4.74 Å². The number of hydrogen-bond acceptors (Lipinski definition) is 4. The van der Waals surface area contributed by atoms with Crippen molar-refractivity contribution in [3.8, 4) is 0 Å². The van der Waals surface area contributed by atoms with Gasteiger partial charge in [0.1, 0.15) is 18.1 Å². The van der Waals surface area contributed by atoms with Gasteiger partial charge in [-0.1, -0.05) is 6.58 Å². The Kier molecular flexibility index (Phi) is 3.14. The average molecular weight is 256 g/mol. The largest absolute Gasteiger partial charge is 0.495 e. The van der Waals surface area contributed by atoms with Crippen LogP contribution in [0.3, 0.4) is 0 Å². The van der Waals surface area contributed by atoms with Crippen molar-refractivity contribution in [3.05, 3.63) is 46.2 Å². The summed E-state index contributed by atoms with van der Waals surface area (Å²) >= 11 is 0. The number of nitro groups is 1. The summed E-state index contributed by atoms with van der Waals surface area (Å²) in [6.45, 7) is 4.31. The SMILES string of the molecule is C=C1CN(c2c(F)cc([N+](=O)[O-])cc2F)CCO1. The maximum absolute atomic E-state index is 13.7. The monoisotopic (exact) mass is 256 g/mol. The van der Waals surface area contributed by atoms with Gasteiger partial charge in [-0.05, 0) is 0 Å². The van der Waals surface area contributed by atoms with Crippen LogP contribution in [-0.2, 0) is 4.74 Å². The lowest BCUT2D eigenvalue weighted by atomic mass is 10.2. The molecule has 0 unspecified atom stereocenters. The number of nitro benzene ring substituents is 1. The Hall–Kier alpha value is -2.18. The molecule has 0 aliphatic carbocycles. The fourth-order valence-electron chi connectivity index (χ4n) is 1.79. The first-order valence-electron chi connectivity index (χ1n) is 5.18. The van der Waals surface area contributed by atoms with Gasteiger partial charge in [0.2, 0.25) is 0 Å². The van der Waals surface area contributed by atoms with Gasteiger partial charge in [-0.25, -0.2) is 8.78 Å². The van der Waals surface area contributed by atoms with Crippen molar-refractivity contribution in [3.63, 3.8) is 0 Å². The molecule has 2 rings (SSSR count). The van der Waals surface area contributed by atoms with E-state index in [-0.39, 0.29) is 18.8 Å². The summed E-state index contributed by atoms with van der Waals surface area (Å²) in [6, 6.07) is 1.41. The van der Waals surface area contributed by atoms with Crippen LogP contribution in [0.25, 0.3) is 0 Å². The van der Waals surface area contributed by atoms with Crippen molar-refractivity contribution < 1.29 is 18.4 Å². The van der Waals surface area contributed by atoms with Crippen LogP contribution < -0.4 is 4.90 Å². The molecule has 1 aliphatic rings. The highest BCUT2D eigenvalue weighted by molar-refractivity contribution is 5.54. The second-order valence-electron chi connectivity index (χ2n) is 3.82. The Morgan fingerprint density at radius 1 is 1.39 bits per heavy atom. The maximum Gasteiger partial charge on any atom is 0.275 e. The van der Waals surface area contributed by atoms with Gasteiger partial charge in [0.15, 0.2) is 11.6 Å². The highest BCUT2D eigenvalue weighted by Crippen LogP contribution is 2.29. The molecule has 1 saturated heterocycles. The van der Waals surface area contributed by atoms with Crippen LogP contribution in [0.1, 0.15) is 0 Å². The number of halogens is 2. The van der Waals surface area contributed by atoms with Gasteiger partial charge in [-0.2, -0.15) is 0 Å². The van der Waals surface area contributed by atoms with Gasteiger partial charge >= 0.3 is 0 Å². The number of ether oxygens (including phenoxy) is 1. The van der Waals surface area contributed by atoms with E-state index in [9.17, 15) is 18.9 Å². The fraction of sp³-hybridized carbons (Fsp3) is 0.273. The van der Waals surface area contributed by atoms with Crippen LogP contribution in [0.15, 0.2) is 24.5 Å². The molecule has 0 bridgehead atoms. The van der Waals surface area contributed by atoms with Gasteiger partial charge in [0.05, 0.1) is 30.1 Å². The van der Waals surface area contributed by atoms with Crippen LogP contribution in [0, 0.1) is 21.7 Å². The van der Waals surface area contributed by atoms with Crippen molar-refractivity contribution >= 4 is 11.4 Å². The Labute approximate surface area is 101 Å². The quantitative estimate of drug-likeness (QED) is 0.601. The summed E-state index contributed by atoms with van der Waals surface area (Å²) < 4.78 is 32.5. The highest BCUT2D eigenvalue weighted by Gasteiger charge is 2.24. The van der Waals surface area contributed by atoms with Gasteiger partial charge in [-0.3, -0.25) is 10.1 Å². The lowest BCUT2D eigenvalue weighted by Crippen LogP contribution is -2.36. The minimum atomic E-state index is -0.962. The minimum Gasteiger partial charge on any atom is -0.495 e. The Balaban J connectivity index is 2.38. The summed E-state index contributed by atoms with van der Waals surface area (Å²) in [7, 11) is 0. The number of anilines is 1. The summed E-state index contributed by atoms with van der Waals surface area (Å²) in [5, 5.41) is 10.5. The third kappa shape index (κ3) is 2.24. The van der Waals surface area contributed by atoms with Crippen LogP contribution in [-0.4, -0.2) is 24.6 Å². The molecule has 1 aliphatic heterocycles. The molecule has 1 heterocycles. The van der Waals surface area contributed by atoms with E-state index in [1.54, 1.807) is 0 Å². The second kappa shape index (κ2) is 4.59. The molecule has 1 aromatic rings. The molecule has 0 amide bonds. The third-order valence-corrected chi connectivity index (χ3v) is 2.56. The molecule has 1 aromatic carbocycles. The minimum absolute atomic E-state index is 0.158. The first-order chi connectivity index (χ1) is 8.49. The van der Waals surface area contributed by atoms with E-state index in [2.05, 4.69) is 6.58 Å². The van der Waals surface area contributed by atoms with Gasteiger partial charge in [0, 0.05) is 0 Å². The molecule has 0 N–H and O–H groups in total. The van der Waals surface area contributed by atoms with Crippen molar-refractivity contribution in [1.82, 2.24) is 0 Å². The Morgan fingerprint density at radius 2 is 2.00 bits per heavy atom. The van der Waals surface area contributed by atoms with Crippen LogP contribution >= 0.6 is 0 Å². The lowest BCUT2D eigenvalue weighted by Gasteiger charge is -2.30. The van der Waals surface area contributed by atoms with Crippen LogP contribution in [0.4, 0.5) is 20.2 Å². The smallest absolute Gasteiger partial charge is 0.275 e. The molecule has 7 heteroatoms. The van der Waals surface area contributed by atoms with E-state index in [1.165, 1.54) is 4.90 Å². The average Bonchev–Trinajstić information content (AvgIpc) is 2.27. The van der Waals surface area contributed by atoms with Crippen molar-refractivity contribution in [2.24, 2.45) is 0 Å². The van der Waals surface area contributed by atoms with E-state index < -0.39 is 22.2 Å². The predicted octanol–water partition coefficient (Wildman–Crippen LogP) is 2.22. The number of hydrogen-bond donors (Lipinski definition) is 0. The molecule has 96 valence electrons. The maximum atomic E-state index is 13.7. The predicted molar refractivity (Wildman–Crippen MR) is 60.3 cm³/mol. The molecule has 0 saturated carbocycles.